The van der Waals surface area contributed by atoms with Gasteiger partial charge in [0.05, 0.1) is 14.1 Å². The molecule has 0 bridgehead atoms. The lowest BCUT2D eigenvalue weighted by Crippen LogP contribution is -2.43. The average Bonchev–Trinajstić information content (AvgIpc) is 2.64. The minimum atomic E-state index is -0.0965. The fourth-order valence-corrected chi connectivity index (χ4v) is 3.41. The first-order valence-corrected chi connectivity index (χ1v) is 11.9. The van der Waals surface area contributed by atoms with Crippen molar-refractivity contribution in [2.75, 3.05) is 33.8 Å². The monoisotopic (exact) mass is 398 g/mol. The molecular formula is C24H48NO3+. The lowest BCUT2D eigenvalue weighted by Gasteiger charge is -2.26. The van der Waals surface area contributed by atoms with Crippen LogP contribution in [0.15, 0.2) is 0 Å². The zero-order chi connectivity index (χ0) is 20.9. The van der Waals surface area contributed by atoms with E-state index in [0.29, 0.717) is 30.6 Å². The summed E-state index contributed by atoms with van der Waals surface area (Å²) in [5.41, 5.74) is 0. The quantitative estimate of drug-likeness (QED) is 0.102. The number of aldehydes is 1. The SMILES string of the molecule is CCCCCCCCCCCCCCCCCC(=O)OCC[N+](C)(C)CC=O. The number of quaternary nitrogens is 1. The molecule has 4 nitrogen and oxygen atoms in total. The van der Waals surface area contributed by atoms with Crippen molar-refractivity contribution in [1.29, 1.82) is 0 Å². The molecule has 0 unspecified atom stereocenters. The van der Waals surface area contributed by atoms with Gasteiger partial charge in [0, 0.05) is 6.42 Å². The zero-order valence-corrected chi connectivity index (χ0v) is 19.2. The minimum Gasteiger partial charge on any atom is -0.460 e. The summed E-state index contributed by atoms with van der Waals surface area (Å²) in [7, 11) is 3.94. The van der Waals surface area contributed by atoms with E-state index in [2.05, 4.69) is 6.92 Å². The number of ether oxygens (including phenoxy) is 1. The number of hydrogen-bond donors (Lipinski definition) is 0. The number of hydrogen-bond acceptors (Lipinski definition) is 3. The van der Waals surface area contributed by atoms with Crippen LogP contribution >= 0.6 is 0 Å². The van der Waals surface area contributed by atoms with E-state index in [1.165, 1.54) is 83.5 Å². The highest BCUT2D eigenvalue weighted by molar-refractivity contribution is 5.69. The van der Waals surface area contributed by atoms with Gasteiger partial charge in [0.25, 0.3) is 0 Å². The van der Waals surface area contributed by atoms with E-state index in [9.17, 15) is 9.59 Å². The molecule has 28 heavy (non-hydrogen) atoms. The summed E-state index contributed by atoms with van der Waals surface area (Å²) in [6.45, 7) is 3.81. The first-order valence-electron chi connectivity index (χ1n) is 11.9. The number of rotatable bonds is 21. The van der Waals surface area contributed by atoms with Gasteiger partial charge in [-0.05, 0) is 6.42 Å². The van der Waals surface area contributed by atoms with Crippen LogP contribution in [-0.2, 0) is 14.3 Å². The molecule has 0 spiro atoms. The summed E-state index contributed by atoms with van der Waals surface area (Å²) in [6.07, 6.45) is 21.4. The van der Waals surface area contributed by atoms with E-state index in [1.807, 2.05) is 14.1 Å². The van der Waals surface area contributed by atoms with Crippen molar-refractivity contribution >= 4 is 12.3 Å². The second-order valence-corrected chi connectivity index (χ2v) is 8.93. The lowest BCUT2D eigenvalue weighted by atomic mass is 10.0. The molecule has 0 aliphatic carbocycles. The maximum Gasteiger partial charge on any atom is 0.305 e. The number of esters is 1. The molecule has 0 heterocycles. The van der Waals surface area contributed by atoms with E-state index >= 15 is 0 Å². The zero-order valence-electron chi connectivity index (χ0n) is 19.2. The van der Waals surface area contributed by atoms with Gasteiger partial charge >= 0.3 is 5.97 Å². The van der Waals surface area contributed by atoms with E-state index < -0.39 is 0 Å². The predicted molar refractivity (Wildman–Crippen MR) is 118 cm³/mol. The molecule has 0 aromatic carbocycles. The highest BCUT2D eigenvalue weighted by Gasteiger charge is 2.14. The molecule has 0 saturated heterocycles. The van der Waals surface area contributed by atoms with Crippen LogP contribution in [0, 0.1) is 0 Å². The molecular weight excluding hydrogens is 350 g/mol. The Morgan fingerprint density at radius 2 is 1.18 bits per heavy atom. The largest absolute Gasteiger partial charge is 0.460 e. The molecule has 0 aromatic heterocycles. The van der Waals surface area contributed by atoms with Gasteiger partial charge in [-0.1, -0.05) is 96.8 Å². The van der Waals surface area contributed by atoms with E-state index in [4.69, 9.17) is 4.74 Å². The lowest BCUT2D eigenvalue weighted by molar-refractivity contribution is -0.881. The third-order valence-electron chi connectivity index (χ3n) is 5.51. The summed E-state index contributed by atoms with van der Waals surface area (Å²) in [4.78, 5) is 22.3. The van der Waals surface area contributed by atoms with Crippen molar-refractivity contribution in [2.24, 2.45) is 0 Å². The second kappa shape index (κ2) is 19.4. The average molecular weight is 399 g/mol. The van der Waals surface area contributed by atoms with Gasteiger partial charge in [-0.3, -0.25) is 9.59 Å². The van der Waals surface area contributed by atoms with Gasteiger partial charge < -0.3 is 9.22 Å². The number of carbonyl (C=O) groups is 2. The van der Waals surface area contributed by atoms with E-state index in [0.717, 1.165) is 19.1 Å². The molecule has 0 atom stereocenters. The third-order valence-corrected chi connectivity index (χ3v) is 5.51. The van der Waals surface area contributed by atoms with Gasteiger partial charge in [-0.15, -0.1) is 0 Å². The molecule has 4 heteroatoms. The first kappa shape index (κ1) is 27.1. The Morgan fingerprint density at radius 1 is 0.750 bits per heavy atom. The van der Waals surface area contributed by atoms with Gasteiger partial charge in [0.2, 0.25) is 0 Å². The molecule has 0 fully saturated rings. The molecule has 0 aliphatic rings. The molecule has 0 radical (unpaired) electrons. The van der Waals surface area contributed by atoms with Crippen molar-refractivity contribution in [1.82, 2.24) is 0 Å². The molecule has 0 N–H and O–H groups in total. The number of carbonyl (C=O) groups excluding carboxylic acids is 2. The summed E-state index contributed by atoms with van der Waals surface area (Å²) in [6, 6.07) is 0. The number of nitrogens with zero attached hydrogens (tertiary/aromatic N) is 1. The minimum absolute atomic E-state index is 0.0965. The Hall–Kier alpha value is -0.900. The van der Waals surface area contributed by atoms with Crippen LogP contribution in [-0.4, -0.2) is 50.5 Å². The smallest absolute Gasteiger partial charge is 0.305 e. The van der Waals surface area contributed by atoms with Crippen LogP contribution in [0.25, 0.3) is 0 Å². The number of unbranched alkanes of at least 4 members (excludes halogenated alkanes) is 14. The molecule has 0 saturated carbocycles. The van der Waals surface area contributed by atoms with Crippen LogP contribution in [0.2, 0.25) is 0 Å². The van der Waals surface area contributed by atoms with E-state index in [-0.39, 0.29) is 5.97 Å². The van der Waals surface area contributed by atoms with Gasteiger partial charge in [-0.25, -0.2) is 0 Å². The van der Waals surface area contributed by atoms with Gasteiger partial charge in [-0.2, -0.15) is 0 Å². The predicted octanol–water partition coefficient (Wildman–Crippen LogP) is 6.07. The Kier molecular flexibility index (Phi) is 18.8. The van der Waals surface area contributed by atoms with Crippen molar-refractivity contribution in [3.63, 3.8) is 0 Å². The molecule has 0 rings (SSSR count). The maximum atomic E-state index is 11.7. The number of likely N-dealkylation sites (N-methyl/N-ethyl adjacent to an activating group) is 1. The van der Waals surface area contributed by atoms with Crippen LogP contribution in [0.3, 0.4) is 0 Å². The molecule has 0 aliphatic heterocycles. The maximum absolute atomic E-state index is 11.7. The Morgan fingerprint density at radius 3 is 1.61 bits per heavy atom. The fraction of sp³-hybridized carbons (Fsp3) is 0.917. The van der Waals surface area contributed by atoms with Crippen molar-refractivity contribution in [3.05, 3.63) is 0 Å². The second-order valence-electron chi connectivity index (χ2n) is 8.93. The summed E-state index contributed by atoms with van der Waals surface area (Å²) in [5.74, 6) is -0.0965. The van der Waals surface area contributed by atoms with E-state index in [1.54, 1.807) is 0 Å². The highest BCUT2D eigenvalue weighted by Crippen LogP contribution is 2.13. The van der Waals surface area contributed by atoms with Crippen LogP contribution in [0.4, 0.5) is 0 Å². The third kappa shape index (κ3) is 19.9. The fourth-order valence-electron chi connectivity index (χ4n) is 3.41. The Labute approximate surface area is 175 Å². The summed E-state index contributed by atoms with van der Waals surface area (Å²) in [5, 5.41) is 0. The Bertz CT molecular complexity index is 369. The van der Waals surface area contributed by atoms with Gasteiger partial charge in [0.15, 0.2) is 6.29 Å². The Balaban J connectivity index is 3.26. The molecule has 166 valence electrons. The van der Waals surface area contributed by atoms with Crippen molar-refractivity contribution < 1.29 is 18.8 Å². The molecule has 0 aromatic rings. The van der Waals surface area contributed by atoms with Crippen LogP contribution < -0.4 is 0 Å². The first-order chi connectivity index (χ1) is 13.5. The van der Waals surface area contributed by atoms with Gasteiger partial charge in [0.1, 0.15) is 19.7 Å². The normalized spacial score (nSPS) is 11.5. The summed E-state index contributed by atoms with van der Waals surface area (Å²) < 4.78 is 5.84. The highest BCUT2D eigenvalue weighted by atomic mass is 16.5. The topological polar surface area (TPSA) is 43.4 Å². The van der Waals surface area contributed by atoms with Crippen molar-refractivity contribution in [3.8, 4) is 0 Å². The molecule has 0 amide bonds. The standard InChI is InChI=1S/C24H48NO3/c1-4-5-6-7-8-9-10-11-12-13-14-15-16-17-18-19-24(27)28-23-21-25(2,3)20-22-26/h22H,4-21,23H2,1-3H3/q+1. The summed E-state index contributed by atoms with van der Waals surface area (Å²) >= 11 is 0. The van der Waals surface area contributed by atoms with Crippen LogP contribution in [0.1, 0.15) is 110 Å². The van der Waals surface area contributed by atoms with Crippen LogP contribution in [0.5, 0.6) is 0 Å². The van der Waals surface area contributed by atoms with Crippen molar-refractivity contribution in [2.45, 2.75) is 110 Å².